The molecule has 84 heavy (non-hydrogen) atoms. The Kier molecular flexibility index (Phi) is 12.3. The van der Waals surface area contributed by atoms with Crippen LogP contribution in [0.15, 0.2) is 182 Å². The van der Waals surface area contributed by atoms with Crippen LogP contribution in [0.3, 0.4) is 0 Å². The van der Waals surface area contributed by atoms with Crippen molar-refractivity contribution in [3.63, 3.8) is 0 Å². The highest BCUT2D eigenvalue weighted by molar-refractivity contribution is 6.10. The molecule has 1 aliphatic heterocycles. The van der Waals surface area contributed by atoms with Crippen molar-refractivity contribution in [1.29, 1.82) is 0 Å². The molecule has 0 saturated heterocycles. The van der Waals surface area contributed by atoms with Gasteiger partial charge in [-0.05, 0) is 156 Å². The van der Waals surface area contributed by atoms with Crippen LogP contribution in [0.25, 0.3) is 61.0 Å². The van der Waals surface area contributed by atoms with Gasteiger partial charge in [0.15, 0.2) is 0 Å². The summed E-state index contributed by atoms with van der Waals surface area (Å²) in [7, 11) is 0. The number of ether oxygens (including phenoxy) is 1. The molecule has 0 unspecified atom stereocenters. The Hall–Kier alpha value is -7.89. The van der Waals surface area contributed by atoms with E-state index in [1.807, 2.05) is 39.0 Å². The molecule has 3 heterocycles. The van der Waals surface area contributed by atoms with Crippen molar-refractivity contribution in [1.82, 2.24) is 9.55 Å². The van der Waals surface area contributed by atoms with E-state index in [1.165, 1.54) is 22.3 Å². The van der Waals surface area contributed by atoms with E-state index >= 15 is 0 Å². The normalized spacial score (nSPS) is 16.2. The van der Waals surface area contributed by atoms with Crippen LogP contribution in [-0.2, 0) is 33.4 Å². The average Bonchev–Trinajstić information content (AvgIpc) is 1.18. The molecule has 8 aromatic carbocycles. The number of hydrogen-bond acceptors (Lipinski definition) is 4. The molecule has 5 heteroatoms. The summed E-state index contributed by atoms with van der Waals surface area (Å²) in [5.74, 6) is 1.82. The Labute approximate surface area is 508 Å². The SMILES string of the molecule is [2H]c1c([2H])c(-c2cnc(-n3c4ccc(C(C)(C)C)cc4c4ccc(Oc5cccc(N6CN(c7c(-c8ccc(C(C)(C)C)cc8)cccc7-c7cccc(C(C)(C)C)c7)c7ccccc76)c5)cc43)cc2C([2H])([2H])C(C)(C)C)c2c(c1[2H])C(C)(C)CCC2(C)C. The third kappa shape index (κ3) is 10.5. The van der Waals surface area contributed by atoms with Crippen molar-refractivity contribution in [2.45, 2.75) is 157 Å². The number of aromatic nitrogens is 2. The van der Waals surface area contributed by atoms with Crippen molar-refractivity contribution >= 4 is 44.6 Å². The maximum Gasteiger partial charge on any atom is 0.137 e. The molecule has 0 bridgehead atoms. The number of hydrogen-bond donors (Lipinski definition) is 0. The minimum absolute atomic E-state index is 0.0191. The molecule has 0 radical (unpaired) electrons. The molecule has 12 rings (SSSR count). The van der Waals surface area contributed by atoms with E-state index in [2.05, 4.69) is 244 Å². The molecule has 0 N–H and O–H groups in total. The lowest BCUT2D eigenvalue weighted by Crippen LogP contribution is -2.34. The number of fused-ring (bicyclic) bond motifs is 5. The van der Waals surface area contributed by atoms with Crippen LogP contribution >= 0.6 is 0 Å². The van der Waals surface area contributed by atoms with Gasteiger partial charge in [0.05, 0.1) is 32.2 Å². The zero-order valence-electron chi connectivity index (χ0n) is 57.4. The molecule has 428 valence electrons. The van der Waals surface area contributed by atoms with Crippen LogP contribution in [0.1, 0.15) is 164 Å². The Morgan fingerprint density at radius 1 is 0.524 bits per heavy atom. The molecular weight excluding hydrogens is 1020 g/mol. The summed E-state index contributed by atoms with van der Waals surface area (Å²) in [6.07, 6.45) is 1.44. The van der Waals surface area contributed by atoms with E-state index in [0.29, 0.717) is 40.7 Å². The molecule has 1 aliphatic carbocycles. The van der Waals surface area contributed by atoms with Gasteiger partial charge in [0.1, 0.15) is 24.0 Å². The molecule has 0 saturated carbocycles. The van der Waals surface area contributed by atoms with E-state index in [4.69, 9.17) is 9.72 Å². The van der Waals surface area contributed by atoms with Crippen molar-refractivity contribution in [3.8, 4) is 50.7 Å². The van der Waals surface area contributed by atoms with E-state index in [1.54, 1.807) is 6.20 Å². The van der Waals surface area contributed by atoms with Crippen LogP contribution in [0.2, 0.25) is 0 Å². The summed E-state index contributed by atoms with van der Waals surface area (Å²) in [5, 5.41) is 2.04. The van der Waals surface area contributed by atoms with Crippen molar-refractivity contribution in [2.24, 2.45) is 5.41 Å². The highest BCUT2D eigenvalue weighted by Crippen LogP contribution is 2.53. The lowest BCUT2D eigenvalue weighted by Gasteiger charge is -2.43. The minimum Gasteiger partial charge on any atom is -0.457 e. The second kappa shape index (κ2) is 20.4. The van der Waals surface area contributed by atoms with Gasteiger partial charge in [0.25, 0.3) is 0 Å². The second-order valence-electron chi connectivity index (χ2n) is 29.2. The highest BCUT2D eigenvalue weighted by atomic mass is 16.5. The number of nitrogens with zero attached hydrogens (tertiary/aromatic N) is 4. The van der Waals surface area contributed by atoms with Crippen molar-refractivity contribution in [3.05, 3.63) is 215 Å². The zero-order valence-corrected chi connectivity index (χ0v) is 52.4. The number of anilines is 4. The van der Waals surface area contributed by atoms with Gasteiger partial charge in [0.2, 0.25) is 0 Å². The molecule has 0 spiro atoms. The lowest BCUT2D eigenvalue weighted by atomic mass is 9.61. The smallest absolute Gasteiger partial charge is 0.137 e. The number of benzene rings is 8. The topological polar surface area (TPSA) is 33.5 Å². The number of rotatable bonds is 9. The van der Waals surface area contributed by atoms with E-state index in [9.17, 15) is 6.85 Å². The van der Waals surface area contributed by atoms with Gasteiger partial charge in [-0.2, -0.15) is 0 Å². The van der Waals surface area contributed by atoms with Gasteiger partial charge in [0, 0.05) is 54.2 Å². The first-order chi connectivity index (χ1) is 41.7. The lowest BCUT2D eigenvalue weighted by molar-refractivity contribution is 0.332. The third-order valence-corrected chi connectivity index (χ3v) is 17.6. The van der Waals surface area contributed by atoms with Gasteiger partial charge in [-0.15, -0.1) is 0 Å². The first-order valence-electron chi connectivity index (χ1n) is 32.7. The fourth-order valence-corrected chi connectivity index (χ4v) is 12.8. The van der Waals surface area contributed by atoms with Gasteiger partial charge in [-0.25, -0.2) is 4.98 Å². The Morgan fingerprint density at radius 2 is 1.15 bits per heavy atom. The van der Waals surface area contributed by atoms with Crippen LogP contribution in [-0.4, -0.2) is 16.2 Å². The zero-order chi connectivity index (χ0) is 63.9. The summed E-state index contributed by atoms with van der Waals surface area (Å²) in [6.45, 7) is 35.1. The predicted octanol–water partition coefficient (Wildman–Crippen LogP) is 22.0. The van der Waals surface area contributed by atoms with Gasteiger partial charge >= 0.3 is 0 Å². The monoisotopic (exact) mass is 1110 g/mol. The molecule has 5 nitrogen and oxygen atoms in total. The third-order valence-electron chi connectivity index (χ3n) is 17.6. The van der Waals surface area contributed by atoms with Gasteiger partial charge in [-0.3, -0.25) is 4.57 Å². The largest absolute Gasteiger partial charge is 0.457 e. The fraction of sp³-hybridized carbons (Fsp3) is 0.329. The average molecular weight is 1110 g/mol. The van der Waals surface area contributed by atoms with Gasteiger partial charge in [-0.1, -0.05) is 220 Å². The van der Waals surface area contributed by atoms with E-state index in [0.717, 1.165) is 85.2 Å². The van der Waals surface area contributed by atoms with Gasteiger partial charge < -0.3 is 14.5 Å². The highest BCUT2D eigenvalue weighted by Gasteiger charge is 2.39. The summed E-state index contributed by atoms with van der Waals surface area (Å²) < 4.78 is 57.5. The van der Waals surface area contributed by atoms with Crippen molar-refractivity contribution < 1.29 is 11.6 Å². The molecule has 0 atom stereocenters. The Morgan fingerprint density at radius 3 is 1.86 bits per heavy atom. The Balaban J connectivity index is 0.978. The molecule has 2 aliphatic rings. The van der Waals surface area contributed by atoms with Crippen molar-refractivity contribution in [2.75, 3.05) is 16.5 Å². The quantitative estimate of drug-likeness (QED) is 0.144. The maximum absolute atomic E-state index is 10.1. The minimum atomic E-state index is -1.94. The molecule has 0 fully saturated rings. The molecular formula is C79H86N4O. The summed E-state index contributed by atoms with van der Waals surface area (Å²) in [5.41, 5.74) is 15.6. The summed E-state index contributed by atoms with van der Waals surface area (Å²) in [6, 6.07) is 56.5. The Bertz CT molecular complexity index is 4450. The standard InChI is InChI=1S/C79H86N4O/c1-74(2,3)48-53-44-71(80-49-65(53)63-29-22-30-66-72(63)79(15,16)42-41-78(66,13)14)83-67-40-37-56(77(10,11)12)45-64(67)62-39-38-59(47-70(62)83)84-58-26-20-25-57(46-58)81-50-82(69-32-18-17-31-68(69)81)73-60(51-33-35-54(36-34-51)75(4,5)6)27-21-28-61(73)52-23-19-24-55(43-52)76(7,8)9/h17-40,43-47,49H,41-42,48,50H2,1-16H3/i22D,29D,30D,48D2. The predicted molar refractivity (Wildman–Crippen MR) is 358 cm³/mol. The second-order valence-corrected chi connectivity index (χ2v) is 29.2. The maximum atomic E-state index is 10.1. The molecule has 0 amide bonds. The molecule has 2 aromatic heterocycles. The summed E-state index contributed by atoms with van der Waals surface area (Å²) >= 11 is 0. The number of para-hydroxylation sites is 3. The van der Waals surface area contributed by atoms with Crippen LogP contribution in [0, 0.1) is 5.41 Å². The molecule has 10 aromatic rings. The fourth-order valence-electron chi connectivity index (χ4n) is 12.8. The first kappa shape index (κ1) is 50.6. The first-order valence-corrected chi connectivity index (χ1v) is 30.2. The summed E-state index contributed by atoms with van der Waals surface area (Å²) in [4.78, 5) is 10.1. The van der Waals surface area contributed by atoms with E-state index in [-0.39, 0.29) is 34.4 Å². The van der Waals surface area contributed by atoms with E-state index < -0.39 is 22.6 Å². The number of pyridine rings is 1. The van der Waals surface area contributed by atoms with Crippen LogP contribution in [0.4, 0.5) is 22.7 Å². The van der Waals surface area contributed by atoms with Crippen LogP contribution in [0.5, 0.6) is 11.5 Å². The van der Waals surface area contributed by atoms with Crippen LogP contribution < -0.4 is 14.5 Å².